The number of rotatable bonds is 12. The molecule has 4 aromatic rings. The molecule has 7 nitrogen and oxygen atoms in total. The summed E-state index contributed by atoms with van der Waals surface area (Å²) in [6.45, 7) is 6.15. The van der Waals surface area contributed by atoms with E-state index in [2.05, 4.69) is 55.2 Å². The lowest BCUT2D eigenvalue weighted by molar-refractivity contribution is -0.135. The maximum atomic E-state index is 14.7. The quantitative estimate of drug-likeness (QED) is 0.156. The molecule has 0 saturated heterocycles. The molecule has 0 spiro atoms. The average molecular weight is 653 g/mol. The number of carbonyl (C=O) groups excluding carboxylic acids is 3. The van der Waals surface area contributed by atoms with E-state index in [0.717, 1.165) is 53.5 Å². The van der Waals surface area contributed by atoms with Gasteiger partial charge in [0.15, 0.2) is 0 Å². The van der Waals surface area contributed by atoms with E-state index in [9.17, 15) is 14.4 Å². The summed E-state index contributed by atoms with van der Waals surface area (Å²) < 4.78 is 0. The Morgan fingerprint density at radius 1 is 0.898 bits per heavy atom. The van der Waals surface area contributed by atoms with Gasteiger partial charge >= 0.3 is 0 Å². The summed E-state index contributed by atoms with van der Waals surface area (Å²) in [7, 11) is 0. The van der Waals surface area contributed by atoms with Gasteiger partial charge in [-0.05, 0) is 54.5 Å². The lowest BCUT2D eigenvalue weighted by atomic mass is 9.80. The number of benzene rings is 4. The number of primary amides is 1. The standard InChI is InChI=1S/C42H44N4O3/c1-3-12-34(39(43)47)36(26-29-13-7-8-14-29)41(48)45-40-42(49)46(27-30-15-11-18-33(25-30)31-23-21-28(2)22-24-31)37-20-10-9-19-35(37)38(44-40)32-16-5-4-6-17-32/h3-6,9-11,15-25,29,34,36,40H,1,7-8,12-14,26-27H2,2H3,(H2,43,47)(H,45,48). The molecule has 3 unspecified atom stereocenters. The number of fused-ring (bicyclic) bond motifs is 1. The number of para-hydroxylation sites is 1. The van der Waals surface area contributed by atoms with Crippen LogP contribution in [0.15, 0.2) is 121 Å². The first-order chi connectivity index (χ1) is 23.8. The number of hydrogen-bond donors (Lipinski definition) is 2. The first-order valence-corrected chi connectivity index (χ1v) is 17.2. The number of aryl methyl sites for hydroxylation is 1. The summed E-state index contributed by atoms with van der Waals surface area (Å²) in [5.41, 5.74) is 13.1. The molecule has 4 aromatic carbocycles. The summed E-state index contributed by atoms with van der Waals surface area (Å²) >= 11 is 0. The average Bonchev–Trinajstić information content (AvgIpc) is 3.61. The van der Waals surface area contributed by atoms with Gasteiger partial charge in [0.25, 0.3) is 5.91 Å². The molecule has 1 saturated carbocycles. The topological polar surface area (TPSA) is 105 Å². The zero-order valence-corrected chi connectivity index (χ0v) is 28.1. The number of nitrogens with one attached hydrogen (secondary N) is 1. The van der Waals surface area contributed by atoms with Gasteiger partial charge in [-0.25, -0.2) is 4.99 Å². The number of nitrogens with zero attached hydrogens (tertiary/aromatic N) is 2. The van der Waals surface area contributed by atoms with Crippen LogP contribution in [0.25, 0.3) is 11.1 Å². The van der Waals surface area contributed by atoms with Crippen molar-refractivity contribution in [3.8, 4) is 11.1 Å². The van der Waals surface area contributed by atoms with Gasteiger partial charge in [0.1, 0.15) is 0 Å². The number of allylic oxidation sites excluding steroid dienone is 1. The van der Waals surface area contributed by atoms with Gasteiger partial charge in [-0.3, -0.25) is 14.4 Å². The third kappa shape index (κ3) is 7.72. The van der Waals surface area contributed by atoms with E-state index >= 15 is 0 Å². The maximum Gasteiger partial charge on any atom is 0.272 e. The van der Waals surface area contributed by atoms with Crippen LogP contribution in [0.2, 0.25) is 0 Å². The van der Waals surface area contributed by atoms with Crippen LogP contribution >= 0.6 is 0 Å². The van der Waals surface area contributed by atoms with E-state index in [1.807, 2.05) is 66.7 Å². The number of hydrogen-bond acceptors (Lipinski definition) is 4. The summed E-state index contributed by atoms with van der Waals surface area (Å²) in [5, 5.41) is 3.01. The summed E-state index contributed by atoms with van der Waals surface area (Å²) in [5.74, 6) is -2.40. The molecule has 1 aliphatic carbocycles. The molecule has 250 valence electrons. The molecule has 7 heteroatoms. The Labute approximate surface area is 288 Å². The highest BCUT2D eigenvalue weighted by Crippen LogP contribution is 2.35. The molecule has 2 aliphatic rings. The van der Waals surface area contributed by atoms with Crippen molar-refractivity contribution in [1.29, 1.82) is 0 Å². The normalized spacial score (nSPS) is 17.4. The Morgan fingerprint density at radius 2 is 1.59 bits per heavy atom. The molecule has 1 heterocycles. The summed E-state index contributed by atoms with van der Waals surface area (Å²) in [6, 6.07) is 34.0. The van der Waals surface area contributed by atoms with E-state index in [1.54, 1.807) is 11.0 Å². The zero-order valence-electron chi connectivity index (χ0n) is 28.1. The monoisotopic (exact) mass is 652 g/mol. The smallest absolute Gasteiger partial charge is 0.272 e. The number of amides is 3. The molecule has 49 heavy (non-hydrogen) atoms. The number of anilines is 1. The molecule has 0 bridgehead atoms. The van der Waals surface area contributed by atoms with E-state index in [4.69, 9.17) is 10.7 Å². The Kier molecular flexibility index (Phi) is 10.5. The van der Waals surface area contributed by atoms with Crippen molar-refractivity contribution in [2.75, 3.05) is 4.90 Å². The van der Waals surface area contributed by atoms with Crippen LogP contribution in [-0.4, -0.2) is 29.6 Å². The number of nitrogens with two attached hydrogens (primary N) is 1. The van der Waals surface area contributed by atoms with Gasteiger partial charge in [0.05, 0.1) is 29.8 Å². The third-order valence-corrected chi connectivity index (χ3v) is 9.86. The summed E-state index contributed by atoms with van der Waals surface area (Å²) in [4.78, 5) is 48.4. The minimum atomic E-state index is -1.22. The van der Waals surface area contributed by atoms with Crippen LogP contribution in [0.3, 0.4) is 0 Å². The molecule has 3 N–H and O–H groups in total. The van der Waals surface area contributed by atoms with E-state index in [1.165, 1.54) is 5.56 Å². The van der Waals surface area contributed by atoms with Gasteiger partial charge < -0.3 is 16.0 Å². The van der Waals surface area contributed by atoms with Crippen molar-refractivity contribution in [2.24, 2.45) is 28.5 Å². The van der Waals surface area contributed by atoms with Crippen LogP contribution in [-0.2, 0) is 20.9 Å². The molecule has 1 fully saturated rings. The fourth-order valence-electron chi connectivity index (χ4n) is 7.25. The number of carbonyl (C=O) groups is 3. The molecule has 3 atom stereocenters. The third-order valence-electron chi connectivity index (χ3n) is 9.86. The van der Waals surface area contributed by atoms with Crippen LogP contribution in [0.4, 0.5) is 5.69 Å². The predicted octanol–water partition coefficient (Wildman–Crippen LogP) is 7.36. The summed E-state index contributed by atoms with van der Waals surface area (Å²) in [6.07, 6.45) is 5.44. The van der Waals surface area contributed by atoms with Crippen molar-refractivity contribution in [3.63, 3.8) is 0 Å². The lowest BCUT2D eigenvalue weighted by Crippen LogP contribution is -2.50. The molecule has 0 radical (unpaired) electrons. The second-order valence-corrected chi connectivity index (χ2v) is 13.3. The van der Waals surface area contributed by atoms with Gasteiger partial charge in [-0.15, -0.1) is 6.58 Å². The van der Waals surface area contributed by atoms with Crippen molar-refractivity contribution in [2.45, 2.75) is 58.2 Å². The lowest BCUT2D eigenvalue weighted by Gasteiger charge is -2.29. The largest absolute Gasteiger partial charge is 0.369 e. The van der Waals surface area contributed by atoms with Crippen molar-refractivity contribution < 1.29 is 14.4 Å². The predicted molar refractivity (Wildman–Crippen MR) is 196 cm³/mol. The molecule has 3 amide bonds. The molecule has 6 rings (SSSR count). The van der Waals surface area contributed by atoms with Crippen LogP contribution < -0.4 is 16.0 Å². The highest BCUT2D eigenvalue weighted by atomic mass is 16.2. The number of benzodiazepines with no additional fused rings is 1. The van der Waals surface area contributed by atoms with Gasteiger partial charge in [-0.2, -0.15) is 0 Å². The second-order valence-electron chi connectivity index (χ2n) is 13.3. The second kappa shape index (κ2) is 15.3. The molecular formula is C42H44N4O3. The maximum absolute atomic E-state index is 14.7. The van der Waals surface area contributed by atoms with Crippen molar-refractivity contribution in [3.05, 3.63) is 138 Å². The van der Waals surface area contributed by atoms with Crippen molar-refractivity contribution in [1.82, 2.24) is 5.32 Å². The number of aliphatic imine (C=N–C) groups is 1. The Morgan fingerprint density at radius 3 is 2.31 bits per heavy atom. The minimum Gasteiger partial charge on any atom is -0.369 e. The van der Waals surface area contributed by atoms with Crippen LogP contribution in [0.5, 0.6) is 0 Å². The Bertz CT molecular complexity index is 1840. The minimum absolute atomic E-state index is 0.269. The first-order valence-electron chi connectivity index (χ1n) is 17.2. The van der Waals surface area contributed by atoms with Gasteiger partial charge in [0, 0.05) is 11.1 Å². The van der Waals surface area contributed by atoms with Crippen LogP contribution in [0, 0.1) is 24.7 Å². The van der Waals surface area contributed by atoms with Gasteiger partial charge in [0.2, 0.25) is 18.0 Å². The van der Waals surface area contributed by atoms with Gasteiger partial charge in [-0.1, -0.05) is 128 Å². The fourth-order valence-corrected chi connectivity index (χ4v) is 7.25. The van der Waals surface area contributed by atoms with E-state index in [0.29, 0.717) is 23.7 Å². The van der Waals surface area contributed by atoms with Crippen LogP contribution in [0.1, 0.15) is 60.8 Å². The Hall–Kier alpha value is -5.30. The highest BCUT2D eigenvalue weighted by molar-refractivity contribution is 6.20. The fraction of sp³-hybridized carbons (Fsp3) is 0.286. The Balaban J connectivity index is 1.39. The first kappa shape index (κ1) is 33.6. The van der Waals surface area contributed by atoms with E-state index < -0.39 is 23.9 Å². The molecule has 1 aliphatic heterocycles. The molecular weight excluding hydrogens is 608 g/mol. The highest BCUT2D eigenvalue weighted by Gasteiger charge is 2.38. The molecule has 0 aromatic heterocycles. The zero-order chi connectivity index (χ0) is 34.3. The SMILES string of the molecule is C=CCC(C(N)=O)C(CC1CCCC1)C(=O)NC1N=C(c2ccccc2)c2ccccc2N(Cc2cccc(-c3ccc(C)cc3)c2)C1=O. The van der Waals surface area contributed by atoms with Crippen molar-refractivity contribution >= 4 is 29.1 Å². The van der Waals surface area contributed by atoms with E-state index in [-0.39, 0.29) is 24.8 Å².